The monoisotopic (exact) mass is 524 g/mol. The lowest BCUT2D eigenvalue weighted by atomic mass is 10.2. The molecule has 9 heteroatoms. The zero-order valence-corrected chi connectivity index (χ0v) is 19.7. The van der Waals surface area contributed by atoms with E-state index in [0.29, 0.717) is 46.0 Å². The Morgan fingerprint density at radius 2 is 2.03 bits per heavy atom. The molecule has 1 fully saturated rings. The number of carbonyl (C=O) groups excluding carboxylic acids is 2. The number of halogens is 2. The quantitative estimate of drug-likeness (QED) is 0.286. The molecule has 1 aliphatic heterocycles. The van der Waals surface area contributed by atoms with E-state index in [1.165, 1.54) is 11.8 Å². The van der Waals surface area contributed by atoms with Crippen molar-refractivity contribution in [2.45, 2.75) is 19.4 Å². The van der Waals surface area contributed by atoms with Crippen molar-refractivity contribution >= 4 is 73.7 Å². The van der Waals surface area contributed by atoms with Crippen LogP contribution < -0.4 is 15.4 Å². The summed E-state index contributed by atoms with van der Waals surface area (Å²) in [5, 5.41) is 6.14. The van der Waals surface area contributed by atoms with Crippen molar-refractivity contribution in [1.29, 1.82) is 0 Å². The highest BCUT2D eigenvalue weighted by Gasteiger charge is 2.22. The molecule has 2 aromatic rings. The lowest BCUT2D eigenvalue weighted by molar-refractivity contribution is -0.121. The Kier molecular flexibility index (Phi) is 8.32. The number of hydrogen-bond acceptors (Lipinski definition) is 5. The molecule has 0 aromatic heterocycles. The zero-order valence-electron chi connectivity index (χ0n) is 15.7. The van der Waals surface area contributed by atoms with E-state index in [9.17, 15) is 9.59 Å². The van der Waals surface area contributed by atoms with Crippen molar-refractivity contribution in [2.75, 3.05) is 6.61 Å². The van der Waals surface area contributed by atoms with Crippen LogP contribution in [0.5, 0.6) is 5.75 Å². The molecule has 2 N–H and O–H groups in total. The number of hydrogen-bond donors (Lipinski definition) is 2. The van der Waals surface area contributed by atoms with Crippen LogP contribution >= 0.6 is 51.5 Å². The number of carbonyl (C=O) groups is 2. The average molecular weight is 526 g/mol. The van der Waals surface area contributed by atoms with Crippen molar-refractivity contribution in [1.82, 2.24) is 10.6 Å². The van der Waals surface area contributed by atoms with E-state index >= 15 is 0 Å². The summed E-state index contributed by atoms with van der Waals surface area (Å²) in [6.45, 7) is 0.889. The van der Waals surface area contributed by atoms with E-state index in [1.807, 2.05) is 30.3 Å². The second-order valence-electron chi connectivity index (χ2n) is 6.40. The molecule has 0 aliphatic carbocycles. The summed E-state index contributed by atoms with van der Waals surface area (Å²) in [5.74, 6) is 0.466. The van der Waals surface area contributed by atoms with E-state index in [-0.39, 0.29) is 11.8 Å². The topological polar surface area (TPSA) is 67.4 Å². The van der Waals surface area contributed by atoms with E-state index in [0.717, 1.165) is 15.6 Å². The standard InChI is InChI=1S/C21H18BrClN2O3S2/c22-16-10-14(11-18-20(27)25-21(29)30-18)5-8-17(16)28-9-1-2-19(26)24-12-13-3-6-15(23)7-4-13/h3-8,10-11H,1-2,9,12H2,(H,24,26)(H,25,27,29)/b18-11-. The van der Waals surface area contributed by atoms with Crippen LogP contribution in [0.25, 0.3) is 6.08 Å². The number of ether oxygens (including phenoxy) is 1. The maximum absolute atomic E-state index is 12.0. The predicted molar refractivity (Wildman–Crippen MR) is 128 cm³/mol. The highest BCUT2D eigenvalue weighted by Crippen LogP contribution is 2.30. The van der Waals surface area contributed by atoms with Gasteiger partial charge in [-0.3, -0.25) is 9.59 Å². The molecule has 0 radical (unpaired) electrons. The molecule has 156 valence electrons. The van der Waals surface area contributed by atoms with E-state index < -0.39 is 0 Å². The van der Waals surface area contributed by atoms with Crippen LogP contribution in [-0.4, -0.2) is 22.7 Å². The maximum Gasteiger partial charge on any atom is 0.263 e. The van der Waals surface area contributed by atoms with Gasteiger partial charge in [0.2, 0.25) is 5.91 Å². The van der Waals surface area contributed by atoms with Crippen LogP contribution in [-0.2, 0) is 16.1 Å². The number of thioether (sulfide) groups is 1. The molecule has 1 aliphatic rings. The summed E-state index contributed by atoms with van der Waals surface area (Å²) >= 11 is 15.6. The van der Waals surface area contributed by atoms with Gasteiger partial charge >= 0.3 is 0 Å². The zero-order chi connectivity index (χ0) is 21.5. The lowest BCUT2D eigenvalue weighted by Crippen LogP contribution is -2.22. The van der Waals surface area contributed by atoms with E-state index in [2.05, 4.69) is 26.6 Å². The van der Waals surface area contributed by atoms with Gasteiger partial charge in [0.25, 0.3) is 5.91 Å². The van der Waals surface area contributed by atoms with Crippen molar-refractivity contribution in [3.05, 3.63) is 68.0 Å². The number of amides is 2. The number of nitrogens with one attached hydrogen (secondary N) is 2. The first kappa shape index (κ1) is 22.8. The highest BCUT2D eigenvalue weighted by molar-refractivity contribution is 9.10. The molecule has 1 saturated heterocycles. The molecule has 0 spiro atoms. The van der Waals surface area contributed by atoms with Crippen molar-refractivity contribution in [3.8, 4) is 5.75 Å². The molecular weight excluding hydrogens is 508 g/mol. The third-order valence-corrected chi connectivity index (χ3v) is 6.14. The second kappa shape index (κ2) is 10.9. The minimum Gasteiger partial charge on any atom is -0.492 e. The minimum atomic E-state index is -0.184. The van der Waals surface area contributed by atoms with Crippen molar-refractivity contribution in [2.24, 2.45) is 0 Å². The summed E-state index contributed by atoms with van der Waals surface area (Å²) in [5.41, 5.74) is 1.86. The first-order chi connectivity index (χ1) is 14.4. The van der Waals surface area contributed by atoms with Crippen LogP contribution in [0.15, 0.2) is 51.8 Å². The van der Waals surface area contributed by atoms with Crippen LogP contribution in [0.4, 0.5) is 0 Å². The fourth-order valence-corrected chi connectivity index (χ4v) is 4.28. The first-order valence-corrected chi connectivity index (χ1v) is 11.5. The third kappa shape index (κ3) is 6.84. The van der Waals surface area contributed by atoms with Crippen LogP contribution in [0.1, 0.15) is 24.0 Å². The Morgan fingerprint density at radius 3 is 2.70 bits per heavy atom. The Bertz CT molecular complexity index is 996. The molecule has 2 aromatic carbocycles. The van der Waals surface area contributed by atoms with Gasteiger partial charge < -0.3 is 15.4 Å². The molecule has 5 nitrogen and oxygen atoms in total. The minimum absolute atomic E-state index is 0.0279. The first-order valence-electron chi connectivity index (χ1n) is 9.09. The molecule has 1 heterocycles. The summed E-state index contributed by atoms with van der Waals surface area (Å²) < 4.78 is 6.99. The SMILES string of the molecule is O=C(CCCOc1ccc(/C=C2\SC(=S)NC2=O)cc1Br)NCc1ccc(Cl)cc1. The van der Waals surface area contributed by atoms with Crippen LogP contribution in [0, 0.1) is 0 Å². The largest absolute Gasteiger partial charge is 0.492 e. The Balaban J connectivity index is 1.42. The summed E-state index contributed by atoms with van der Waals surface area (Å²) in [7, 11) is 0. The smallest absolute Gasteiger partial charge is 0.263 e. The average Bonchev–Trinajstić information content (AvgIpc) is 3.03. The van der Waals surface area contributed by atoms with Gasteiger partial charge in [-0.05, 0) is 63.8 Å². The second-order valence-corrected chi connectivity index (χ2v) is 9.41. The van der Waals surface area contributed by atoms with Gasteiger partial charge in [-0.1, -0.05) is 53.8 Å². The van der Waals surface area contributed by atoms with Gasteiger partial charge in [0.1, 0.15) is 10.1 Å². The summed E-state index contributed by atoms with van der Waals surface area (Å²) in [4.78, 5) is 24.3. The summed E-state index contributed by atoms with van der Waals surface area (Å²) in [6, 6.07) is 12.9. The van der Waals surface area contributed by atoms with Crippen LogP contribution in [0.2, 0.25) is 5.02 Å². The number of thiocarbonyl (C=S) groups is 1. The Hall–Kier alpha value is -1.87. The van der Waals surface area contributed by atoms with Gasteiger partial charge in [0.05, 0.1) is 16.0 Å². The van der Waals surface area contributed by atoms with Crippen LogP contribution in [0.3, 0.4) is 0 Å². The molecule has 0 unspecified atom stereocenters. The Morgan fingerprint density at radius 1 is 1.27 bits per heavy atom. The van der Waals surface area contributed by atoms with Gasteiger partial charge in [0.15, 0.2) is 0 Å². The van der Waals surface area contributed by atoms with Crippen molar-refractivity contribution < 1.29 is 14.3 Å². The molecular formula is C21H18BrClN2O3S2. The fraction of sp³-hybridized carbons (Fsp3) is 0.190. The molecule has 3 rings (SSSR count). The Labute approximate surface area is 197 Å². The number of rotatable bonds is 8. The van der Waals surface area contributed by atoms with Gasteiger partial charge in [0, 0.05) is 18.0 Å². The van der Waals surface area contributed by atoms with E-state index in [1.54, 1.807) is 18.2 Å². The predicted octanol–water partition coefficient (Wildman–Crippen LogP) is 5.07. The van der Waals surface area contributed by atoms with E-state index in [4.69, 9.17) is 28.6 Å². The third-order valence-electron chi connectivity index (χ3n) is 4.10. The molecule has 2 amide bonds. The van der Waals surface area contributed by atoms with Crippen molar-refractivity contribution in [3.63, 3.8) is 0 Å². The molecule has 30 heavy (non-hydrogen) atoms. The van der Waals surface area contributed by atoms with Gasteiger partial charge in [-0.2, -0.15) is 0 Å². The molecule has 0 atom stereocenters. The fourth-order valence-electron chi connectivity index (χ4n) is 2.60. The molecule has 0 saturated carbocycles. The molecule has 0 bridgehead atoms. The van der Waals surface area contributed by atoms with Gasteiger partial charge in [-0.25, -0.2) is 0 Å². The maximum atomic E-state index is 12.0. The number of benzene rings is 2. The summed E-state index contributed by atoms with van der Waals surface area (Å²) in [6.07, 6.45) is 2.75. The highest BCUT2D eigenvalue weighted by atomic mass is 79.9. The van der Waals surface area contributed by atoms with Gasteiger partial charge in [-0.15, -0.1) is 0 Å². The lowest BCUT2D eigenvalue weighted by Gasteiger charge is -2.09. The normalized spacial score (nSPS) is 14.7.